The van der Waals surface area contributed by atoms with Crippen LogP contribution in [0.5, 0.6) is 0 Å². The fourth-order valence-electron chi connectivity index (χ4n) is 12.4. The predicted molar refractivity (Wildman–Crippen MR) is 491 cm³/mol. The molecule has 5 unspecified atom stereocenters. The van der Waals surface area contributed by atoms with E-state index in [1.807, 2.05) is 0 Å². The highest BCUT2D eigenvalue weighted by molar-refractivity contribution is 7.47. The molecule has 0 aromatic rings. The quantitative estimate of drug-likeness (QED) is 0.0146. The summed E-state index contributed by atoms with van der Waals surface area (Å²) in [4.78, 5) is 59.0. The molecule has 0 rings (SSSR count). The van der Waals surface area contributed by atoms with Crippen molar-refractivity contribution in [2.75, 3.05) is 39.6 Å². The molecule has 0 bridgehead atoms. The van der Waals surface area contributed by atoms with Gasteiger partial charge in [0.15, 0.2) is 6.10 Å². The number of esters is 3. The summed E-state index contributed by atoms with van der Waals surface area (Å²) in [5.74, 6) is -1.61. The highest BCUT2D eigenvalue weighted by Gasteiger charge is 2.29. The van der Waals surface area contributed by atoms with Crippen LogP contribution in [-0.2, 0) is 55.8 Å². The molecule has 670 valence electrons. The lowest BCUT2D eigenvalue weighted by atomic mass is 10.0. The fraction of sp³-hybridized carbons (Fsp3) is 0.687. The monoisotopic (exact) mass is 1680 g/mol. The predicted octanol–water partition coefficient (Wildman–Crippen LogP) is 28.7. The van der Waals surface area contributed by atoms with Crippen LogP contribution < -0.4 is 0 Å². The molecule has 18 heteroatoms. The Hall–Kier alpha value is -5.09. The molecule has 0 heterocycles. The van der Waals surface area contributed by atoms with E-state index in [9.17, 15) is 43.5 Å². The zero-order chi connectivity index (χ0) is 85.1. The number of hydrogen-bond acceptors (Lipinski definition) is 14. The number of unbranched alkanes of at least 4 members (excludes halogenated alkanes) is 36. The van der Waals surface area contributed by atoms with E-state index in [2.05, 4.69) is 191 Å². The van der Waals surface area contributed by atoms with Crippen LogP contribution in [0.15, 0.2) is 170 Å². The van der Waals surface area contributed by atoms with E-state index in [-0.39, 0.29) is 19.3 Å². The number of allylic oxidation sites excluding steroid dienone is 28. The third kappa shape index (κ3) is 91.5. The van der Waals surface area contributed by atoms with Gasteiger partial charge < -0.3 is 34.2 Å². The number of aliphatic hydroxyl groups is 2. The number of hydrogen-bond donors (Lipinski definition) is 4. The second-order valence-electron chi connectivity index (χ2n) is 30.7. The Bertz CT molecular complexity index is 2810. The van der Waals surface area contributed by atoms with Gasteiger partial charge in [-0.25, -0.2) is 9.13 Å². The van der Waals surface area contributed by atoms with Gasteiger partial charge in [0, 0.05) is 19.3 Å². The third-order valence-electron chi connectivity index (χ3n) is 19.4. The smallest absolute Gasteiger partial charge is 0.463 e. The van der Waals surface area contributed by atoms with Crippen LogP contribution in [0, 0.1) is 0 Å². The topological polar surface area (TPSA) is 231 Å². The molecule has 0 fully saturated rings. The van der Waals surface area contributed by atoms with Gasteiger partial charge in [-0.05, 0) is 154 Å². The fourth-order valence-corrected chi connectivity index (χ4v) is 14.0. The normalized spacial score (nSPS) is 14.6. The van der Waals surface area contributed by atoms with E-state index < -0.39 is 91.5 Å². The van der Waals surface area contributed by atoms with Crippen molar-refractivity contribution in [3.63, 3.8) is 0 Å². The van der Waals surface area contributed by atoms with Gasteiger partial charge in [0.25, 0.3) is 0 Å². The summed E-state index contributed by atoms with van der Waals surface area (Å²) in [7, 11) is -9.82. The third-order valence-corrected chi connectivity index (χ3v) is 21.3. The SMILES string of the molecule is CC/C=C\C/C=C\C/C=C\C/C=C\C/C=C\CCCCCCCCCCCCCC(=O)OCC(COP(=O)(O)OCC(O)COP(=O)(O)OCC(O)COC(=O)CCCCCCCCCCCCCCCCCCCCC/C=C\C/C=C\C/C=C\C/C=C\CCCCC)OC(=O)CCCCC/C=C\C/C=C\C/C=C\C/C=C\C/C=C\CC. The molecule has 16 nitrogen and oxygen atoms in total. The maximum atomic E-state index is 13.0. The molecule has 0 saturated carbocycles. The van der Waals surface area contributed by atoms with Gasteiger partial charge in [0.1, 0.15) is 25.4 Å². The van der Waals surface area contributed by atoms with Crippen molar-refractivity contribution >= 4 is 33.6 Å². The van der Waals surface area contributed by atoms with Crippen molar-refractivity contribution in [3.8, 4) is 0 Å². The Labute approximate surface area is 713 Å². The summed E-state index contributed by atoms with van der Waals surface area (Å²) in [6.45, 7) is 2.42. The molecule has 4 N–H and O–H groups in total. The largest absolute Gasteiger partial charge is 0.472 e. The van der Waals surface area contributed by atoms with E-state index >= 15 is 0 Å². The molecule has 0 saturated heterocycles. The molecule has 0 spiro atoms. The van der Waals surface area contributed by atoms with Gasteiger partial charge >= 0.3 is 33.6 Å². The molecule has 0 aliphatic rings. The second kappa shape index (κ2) is 90.2. The van der Waals surface area contributed by atoms with E-state index in [4.69, 9.17) is 32.3 Å². The minimum Gasteiger partial charge on any atom is -0.463 e. The maximum absolute atomic E-state index is 13.0. The molecule has 0 aliphatic heterocycles. The second-order valence-corrected chi connectivity index (χ2v) is 33.6. The van der Waals surface area contributed by atoms with Crippen molar-refractivity contribution in [3.05, 3.63) is 170 Å². The van der Waals surface area contributed by atoms with E-state index in [0.29, 0.717) is 19.3 Å². The molecular formula is C99H168O16P2. The van der Waals surface area contributed by atoms with E-state index in [1.165, 1.54) is 167 Å². The number of phosphoric ester groups is 2. The zero-order valence-corrected chi connectivity index (χ0v) is 75.6. The van der Waals surface area contributed by atoms with E-state index in [1.54, 1.807) is 0 Å². The van der Waals surface area contributed by atoms with Crippen LogP contribution in [-0.4, -0.2) is 95.9 Å². The molecule has 5 atom stereocenters. The average Bonchev–Trinajstić information content (AvgIpc) is 1.00. The minimum absolute atomic E-state index is 0.0603. The van der Waals surface area contributed by atoms with Gasteiger partial charge in [0.05, 0.1) is 26.4 Å². The summed E-state index contributed by atoms with van der Waals surface area (Å²) in [6.07, 6.45) is 117. The first-order valence-corrected chi connectivity index (χ1v) is 49.4. The van der Waals surface area contributed by atoms with Crippen molar-refractivity contribution in [2.24, 2.45) is 0 Å². The lowest BCUT2D eigenvalue weighted by Gasteiger charge is -2.21. The van der Waals surface area contributed by atoms with Gasteiger partial charge in [-0.2, -0.15) is 0 Å². The number of aliphatic hydroxyl groups excluding tert-OH is 2. The van der Waals surface area contributed by atoms with Crippen LogP contribution >= 0.6 is 15.6 Å². The standard InChI is InChI=1S/C99H168O16P2/c1-4-7-10-13-16-19-22-25-28-31-34-36-38-40-42-43-44-45-46-47-48-49-51-53-54-56-59-61-64-67-70-73-76-79-82-85-97(102)109-88-94(100)89-111-116(105,106)112-90-95(101)91-113-117(107,108)114-93-96(115-99(104)87-84-81-78-75-72-69-66-63-58-33-30-27-24-21-18-15-12-9-6-3)92-110-98(103)86-83-80-77-74-71-68-65-62-60-57-55-52-50-41-39-37-35-32-29-26-23-20-17-14-11-8-5-2/h8-9,11-12,16-21,25-30,34-37,40-42,50,58,63,69,72,94-96,100-101H,4-7,10,13-15,22-24,31-33,38-39,43-49,51-57,59-62,64-68,70-71,73-93H2,1-3H3,(H,105,106)(H,107,108)/b11-8-,12-9-,19-16-,20-17-,21-18-,28-25-,29-26-,30-27-,36-34-,37-35-,42-40-,50-41-,63-58-,72-69-. The van der Waals surface area contributed by atoms with Gasteiger partial charge in [-0.15, -0.1) is 0 Å². The minimum atomic E-state index is -4.95. The van der Waals surface area contributed by atoms with Crippen molar-refractivity contribution in [2.45, 2.75) is 399 Å². The molecule has 0 amide bonds. The average molecular weight is 1680 g/mol. The Morgan fingerprint density at radius 3 is 0.726 bits per heavy atom. The lowest BCUT2D eigenvalue weighted by molar-refractivity contribution is -0.161. The van der Waals surface area contributed by atoms with Crippen LogP contribution in [0.2, 0.25) is 0 Å². The van der Waals surface area contributed by atoms with E-state index in [0.717, 1.165) is 154 Å². The molecule has 0 aromatic carbocycles. The molecule has 117 heavy (non-hydrogen) atoms. The van der Waals surface area contributed by atoms with Crippen LogP contribution in [0.25, 0.3) is 0 Å². The molecular weight excluding hydrogens is 1510 g/mol. The molecule has 0 aliphatic carbocycles. The maximum Gasteiger partial charge on any atom is 0.472 e. The first-order valence-electron chi connectivity index (χ1n) is 46.4. The number of ether oxygens (including phenoxy) is 3. The summed E-state index contributed by atoms with van der Waals surface area (Å²) in [5, 5.41) is 20.7. The van der Waals surface area contributed by atoms with Crippen LogP contribution in [0.1, 0.15) is 380 Å². The first-order chi connectivity index (χ1) is 57.2. The van der Waals surface area contributed by atoms with Crippen molar-refractivity contribution in [1.29, 1.82) is 0 Å². The lowest BCUT2D eigenvalue weighted by Crippen LogP contribution is -2.30. The highest BCUT2D eigenvalue weighted by atomic mass is 31.2. The summed E-state index contributed by atoms with van der Waals surface area (Å²) < 4.78 is 61.4. The van der Waals surface area contributed by atoms with Gasteiger partial charge in [-0.1, -0.05) is 377 Å². The number of carbonyl (C=O) groups is 3. The van der Waals surface area contributed by atoms with Crippen molar-refractivity contribution in [1.82, 2.24) is 0 Å². The van der Waals surface area contributed by atoms with Gasteiger partial charge in [0.2, 0.25) is 0 Å². The zero-order valence-electron chi connectivity index (χ0n) is 73.8. The Morgan fingerprint density at radius 2 is 0.453 bits per heavy atom. The number of carbonyl (C=O) groups excluding carboxylic acids is 3. The first kappa shape index (κ1) is 112. The Balaban J connectivity index is 4.52. The van der Waals surface area contributed by atoms with Gasteiger partial charge in [-0.3, -0.25) is 32.5 Å². The summed E-state index contributed by atoms with van der Waals surface area (Å²) in [6, 6.07) is 0. The Kier molecular flexibility index (Phi) is 86.2. The summed E-state index contributed by atoms with van der Waals surface area (Å²) >= 11 is 0. The number of rotatable bonds is 87. The van der Waals surface area contributed by atoms with Crippen molar-refractivity contribution < 1.29 is 75.8 Å². The molecule has 0 radical (unpaired) electrons. The number of phosphoric acid groups is 2. The molecule has 0 aromatic heterocycles. The van der Waals surface area contributed by atoms with Crippen LogP contribution in [0.4, 0.5) is 0 Å². The Morgan fingerprint density at radius 1 is 0.248 bits per heavy atom. The highest BCUT2D eigenvalue weighted by Crippen LogP contribution is 2.45. The van der Waals surface area contributed by atoms with Crippen LogP contribution in [0.3, 0.4) is 0 Å². The summed E-state index contributed by atoms with van der Waals surface area (Å²) in [5.41, 5.74) is 0.